The average Bonchev–Trinajstić information content (AvgIpc) is 2.37. The lowest BCUT2D eigenvalue weighted by Gasteiger charge is -2.37. The molecular weight excluding hydrogens is 226 g/mol. The fourth-order valence-corrected chi connectivity index (χ4v) is 2.20. The van der Waals surface area contributed by atoms with Crippen LogP contribution in [0, 0.1) is 17.2 Å². The lowest BCUT2D eigenvalue weighted by molar-refractivity contribution is -0.128. The molecule has 1 rings (SSSR count). The summed E-state index contributed by atoms with van der Waals surface area (Å²) in [6, 6.07) is 2.32. The highest BCUT2D eigenvalue weighted by molar-refractivity contribution is 5.87. The van der Waals surface area contributed by atoms with Gasteiger partial charge < -0.3 is 4.90 Å². The molecule has 4 nitrogen and oxygen atoms in total. The van der Waals surface area contributed by atoms with Crippen molar-refractivity contribution >= 4 is 5.91 Å². The number of rotatable bonds is 4. The van der Waals surface area contributed by atoms with Crippen molar-refractivity contribution < 1.29 is 4.79 Å². The quantitative estimate of drug-likeness (QED) is 0.712. The van der Waals surface area contributed by atoms with Crippen LogP contribution in [0.25, 0.3) is 0 Å². The van der Waals surface area contributed by atoms with Gasteiger partial charge in [0, 0.05) is 26.2 Å². The summed E-state index contributed by atoms with van der Waals surface area (Å²) in [7, 11) is 0. The first-order chi connectivity index (χ1) is 8.60. The van der Waals surface area contributed by atoms with Crippen molar-refractivity contribution in [1.82, 2.24) is 9.80 Å². The Hall–Kier alpha value is -1.34. The predicted molar refractivity (Wildman–Crippen MR) is 71.8 cm³/mol. The second-order valence-corrected chi connectivity index (χ2v) is 4.99. The number of amides is 1. The summed E-state index contributed by atoms with van der Waals surface area (Å²) >= 11 is 0. The zero-order chi connectivity index (χ0) is 13.5. The second kappa shape index (κ2) is 7.17. The van der Waals surface area contributed by atoms with Crippen molar-refractivity contribution in [3.05, 3.63) is 12.2 Å². The summed E-state index contributed by atoms with van der Waals surface area (Å²) in [4.78, 5) is 15.8. The molecule has 0 aliphatic carbocycles. The highest BCUT2D eigenvalue weighted by Gasteiger charge is 2.26. The van der Waals surface area contributed by atoms with Crippen LogP contribution < -0.4 is 0 Å². The van der Waals surface area contributed by atoms with Crippen molar-refractivity contribution in [2.75, 3.05) is 26.2 Å². The second-order valence-electron chi connectivity index (χ2n) is 4.99. The summed E-state index contributed by atoms with van der Waals surface area (Å²) in [5.41, 5.74) is 0. The summed E-state index contributed by atoms with van der Waals surface area (Å²) < 4.78 is 0. The van der Waals surface area contributed by atoms with E-state index in [1.807, 2.05) is 17.9 Å². The Balaban J connectivity index is 2.48. The molecule has 0 aromatic heterocycles. The Kier molecular flexibility index (Phi) is 5.87. The number of hydrogen-bond acceptors (Lipinski definition) is 3. The molecule has 0 N–H and O–H groups in total. The third-order valence-electron chi connectivity index (χ3n) is 3.28. The molecule has 0 saturated carbocycles. The molecule has 18 heavy (non-hydrogen) atoms. The minimum atomic E-state index is -0.0339. The van der Waals surface area contributed by atoms with Gasteiger partial charge in [0.2, 0.25) is 5.91 Å². The largest absolute Gasteiger partial charge is 0.337 e. The number of piperazine rings is 1. The summed E-state index contributed by atoms with van der Waals surface area (Å²) in [5, 5.41) is 9.16. The van der Waals surface area contributed by atoms with Gasteiger partial charge >= 0.3 is 0 Å². The zero-order valence-corrected chi connectivity index (χ0v) is 11.6. The molecule has 1 heterocycles. The van der Waals surface area contributed by atoms with Gasteiger partial charge in [-0.05, 0) is 18.4 Å². The van der Waals surface area contributed by atoms with Crippen LogP contribution in [0.4, 0.5) is 0 Å². The molecule has 1 amide bonds. The summed E-state index contributed by atoms with van der Waals surface area (Å²) in [6.45, 7) is 9.17. The fraction of sp³-hybridized carbons (Fsp3) is 0.714. The van der Waals surface area contributed by atoms with Crippen LogP contribution in [0.1, 0.15) is 27.2 Å². The Bertz CT molecular complexity index is 335. The lowest BCUT2D eigenvalue weighted by Crippen LogP contribution is -2.52. The Morgan fingerprint density at radius 2 is 1.94 bits per heavy atom. The molecular formula is C14H23N3O. The molecule has 1 unspecified atom stereocenters. The van der Waals surface area contributed by atoms with E-state index in [0.29, 0.717) is 5.92 Å². The number of nitriles is 1. The molecule has 1 aliphatic heterocycles. The molecule has 100 valence electrons. The summed E-state index contributed by atoms with van der Waals surface area (Å²) in [5.74, 6) is 0.423. The van der Waals surface area contributed by atoms with E-state index in [4.69, 9.17) is 5.26 Å². The number of nitrogens with zero attached hydrogens (tertiary/aromatic N) is 3. The monoisotopic (exact) mass is 249 g/mol. The Morgan fingerprint density at radius 1 is 1.33 bits per heavy atom. The van der Waals surface area contributed by atoms with E-state index in [1.165, 1.54) is 0 Å². The molecule has 1 fully saturated rings. The molecule has 0 radical (unpaired) electrons. The van der Waals surface area contributed by atoms with E-state index >= 15 is 0 Å². The van der Waals surface area contributed by atoms with Crippen LogP contribution >= 0.6 is 0 Å². The molecule has 0 aromatic rings. The minimum Gasteiger partial charge on any atom is -0.337 e. The van der Waals surface area contributed by atoms with Gasteiger partial charge in [0.15, 0.2) is 0 Å². The van der Waals surface area contributed by atoms with Gasteiger partial charge in [-0.15, -0.1) is 0 Å². The first-order valence-electron chi connectivity index (χ1n) is 6.69. The van der Waals surface area contributed by atoms with Crippen molar-refractivity contribution in [2.45, 2.75) is 33.2 Å². The molecule has 1 saturated heterocycles. The Morgan fingerprint density at radius 3 is 2.39 bits per heavy atom. The van der Waals surface area contributed by atoms with Gasteiger partial charge in [-0.2, -0.15) is 5.26 Å². The molecule has 4 heteroatoms. The maximum absolute atomic E-state index is 11.8. The highest BCUT2D eigenvalue weighted by atomic mass is 16.2. The zero-order valence-electron chi connectivity index (χ0n) is 11.6. The molecule has 1 atom stereocenters. The normalized spacial score (nSPS) is 19.2. The van der Waals surface area contributed by atoms with Crippen LogP contribution in [0.5, 0.6) is 0 Å². The smallest absolute Gasteiger partial charge is 0.246 e. The Labute approximate surface area is 110 Å². The van der Waals surface area contributed by atoms with E-state index in [-0.39, 0.29) is 11.9 Å². The van der Waals surface area contributed by atoms with Gasteiger partial charge in [0.25, 0.3) is 0 Å². The number of allylic oxidation sites excluding steroid dienone is 1. The SMILES string of the molecule is CCC=CC(=O)N1CCN(C(C#N)C(C)C)CC1. The van der Waals surface area contributed by atoms with E-state index in [0.717, 1.165) is 32.6 Å². The fourth-order valence-electron chi connectivity index (χ4n) is 2.20. The van der Waals surface area contributed by atoms with Crippen LogP contribution in [0.3, 0.4) is 0 Å². The predicted octanol–water partition coefficient (Wildman–Crippen LogP) is 1.64. The van der Waals surface area contributed by atoms with Gasteiger partial charge in [-0.3, -0.25) is 9.69 Å². The van der Waals surface area contributed by atoms with Crippen molar-refractivity contribution in [2.24, 2.45) is 5.92 Å². The van der Waals surface area contributed by atoms with E-state index in [9.17, 15) is 4.79 Å². The maximum Gasteiger partial charge on any atom is 0.246 e. The van der Waals surface area contributed by atoms with Crippen molar-refractivity contribution in [1.29, 1.82) is 5.26 Å². The van der Waals surface area contributed by atoms with Crippen LogP contribution in [-0.4, -0.2) is 47.9 Å². The molecule has 1 aliphatic rings. The number of carbonyl (C=O) groups excluding carboxylic acids is 1. The third-order valence-corrected chi connectivity index (χ3v) is 3.28. The van der Waals surface area contributed by atoms with Gasteiger partial charge in [0.1, 0.15) is 6.04 Å². The topological polar surface area (TPSA) is 47.3 Å². The first-order valence-corrected chi connectivity index (χ1v) is 6.69. The lowest BCUT2D eigenvalue weighted by atomic mass is 10.0. The molecule has 0 aromatic carbocycles. The van der Waals surface area contributed by atoms with E-state index in [2.05, 4.69) is 24.8 Å². The van der Waals surface area contributed by atoms with Crippen molar-refractivity contribution in [3.63, 3.8) is 0 Å². The standard InChI is InChI=1S/C14H23N3O/c1-4-5-6-14(18)17-9-7-16(8-10-17)13(11-15)12(2)3/h5-6,12-13H,4,7-10H2,1-3H3. The van der Waals surface area contributed by atoms with E-state index in [1.54, 1.807) is 6.08 Å². The van der Waals surface area contributed by atoms with Crippen LogP contribution in [-0.2, 0) is 4.79 Å². The molecule has 0 spiro atoms. The van der Waals surface area contributed by atoms with Crippen molar-refractivity contribution in [3.8, 4) is 6.07 Å². The first kappa shape index (κ1) is 14.7. The highest BCUT2D eigenvalue weighted by Crippen LogP contribution is 2.13. The van der Waals surface area contributed by atoms with Crippen LogP contribution in [0.2, 0.25) is 0 Å². The van der Waals surface area contributed by atoms with Gasteiger partial charge in [-0.25, -0.2) is 0 Å². The van der Waals surface area contributed by atoms with Gasteiger partial charge in [0.05, 0.1) is 6.07 Å². The number of carbonyl (C=O) groups is 1. The van der Waals surface area contributed by atoms with Crippen LogP contribution in [0.15, 0.2) is 12.2 Å². The van der Waals surface area contributed by atoms with E-state index < -0.39 is 0 Å². The third kappa shape index (κ3) is 3.85. The maximum atomic E-state index is 11.8. The average molecular weight is 249 g/mol. The minimum absolute atomic E-state index is 0.0339. The summed E-state index contributed by atoms with van der Waals surface area (Å²) in [6.07, 6.45) is 4.43. The number of hydrogen-bond donors (Lipinski definition) is 0. The molecule has 0 bridgehead atoms. The van der Waals surface area contributed by atoms with Gasteiger partial charge in [-0.1, -0.05) is 26.8 Å².